The topological polar surface area (TPSA) is 172 Å². The zero-order valence-electron chi connectivity index (χ0n) is 20.5. The Kier molecular flexibility index (Phi) is 7.82. The number of carboxylic acids is 1. The number of carbonyl (C=O) groups is 2. The molecule has 4 rings (SSSR count). The largest absolute Gasteiger partial charge is 0.481 e. The van der Waals surface area contributed by atoms with Crippen molar-refractivity contribution in [3.63, 3.8) is 0 Å². The van der Waals surface area contributed by atoms with Gasteiger partial charge in [0, 0.05) is 25.9 Å². The molecule has 0 aliphatic carbocycles. The van der Waals surface area contributed by atoms with Gasteiger partial charge < -0.3 is 32.1 Å². The second-order valence-corrected chi connectivity index (χ2v) is 9.76. The van der Waals surface area contributed by atoms with Gasteiger partial charge in [-0.05, 0) is 36.8 Å². The van der Waals surface area contributed by atoms with E-state index in [9.17, 15) is 9.59 Å². The second-order valence-electron chi connectivity index (χ2n) is 9.40. The maximum atomic E-state index is 12.8. The van der Waals surface area contributed by atoms with E-state index in [0.29, 0.717) is 56.2 Å². The van der Waals surface area contributed by atoms with Crippen LogP contribution in [0.5, 0.6) is 0 Å². The van der Waals surface area contributed by atoms with Crippen LogP contribution < -0.4 is 22.1 Å². The number of rotatable bonds is 8. The molecular formula is C25H31ClN8O3. The number of carbonyl (C=O) groups excluding carboxylic acids is 1. The summed E-state index contributed by atoms with van der Waals surface area (Å²) >= 11 is 5.97. The van der Waals surface area contributed by atoms with Crippen LogP contribution in [0.2, 0.25) is 5.15 Å². The molecule has 0 radical (unpaired) electrons. The molecule has 37 heavy (non-hydrogen) atoms. The normalized spacial score (nSPS) is 16.2. The molecule has 2 aliphatic rings. The molecule has 1 fully saturated rings. The molecule has 1 saturated heterocycles. The number of aliphatic imine (C=N–C) groups is 1. The molecule has 0 unspecified atom stereocenters. The van der Waals surface area contributed by atoms with E-state index in [0.717, 1.165) is 24.0 Å². The van der Waals surface area contributed by atoms with Gasteiger partial charge in [0.1, 0.15) is 5.69 Å². The van der Waals surface area contributed by atoms with Crippen molar-refractivity contribution >= 4 is 46.8 Å². The Morgan fingerprint density at radius 2 is 1.70 bits per heavy atom. The van der Waals surface area contributed by atoms with Crippen molar-refractivity contribution in [3.8, 4) is 0 Å². The van der Waals surface area contributed by atoms with Crippen LogP contribution in [-0.4, -0.2) is 63.0 Å². The minimum absolute atomic E-state index is 0.0507. The number of nitrogens with zero attached hydrogens (tertiary/aromatic N) is 4. The summed E-state index contributed by atoms with van der Waals surface area (Å²) in [7, 11) is 0. The average molecular weight is 527 g/mol. The molecule has 2 aromatic rings. The molecule has 11 nitrogen and oxygen atoms in total. The summed E-state index contributed by atoms with van der Waals surface area (Å²) in [6.07, 6.45) is 3.25. The first-order valence-corrected chi connectivity index (χ1v) is 12.5. The molecule has 0 atom stereocenters. The van der Waals surface area contributed by atoms with Crippen molar-refractivity contribution in [2.75, 3.05) is 31.1 Å². The maximum Gasteiger partial charge on any atom is 0.303 e. The molecule has 0 saturated carbocycles. The lowest BCUT2D eigenvalue weighted by atomic mass is 9.88. The van der Waals surface area contributed by atoms with Gasteiger partial charge in [-0.15, -0.1) is 0 Å². The van der Waals surface area contributed by atoms with Gasteiger partial charge in [0.2, 0.25) is 5.91 Å². The van der Waals surface area contributed by atoms with Crippen molar-refractivity contribution in [1.82, 2.24) is 25.5 Å². The first kappa shape index (κ1) is 26.2. The van der Waals surface area contributed by atoms with Crippen LogP contribution in [0.1, 0.15) is 42.5 Å². The molecule has 0 bridgehead atoms. The third kappa shape index (κ3) is 6.48. The third-order valence-corrected chi connectivity index (χ3v) is 7.01. The number of amides is 1. The van der Waals surface area contributed by atoms with Gasteiger partial charge in [-0.1, -0.05) is 42.4 Å². The van der Waals surface area contributed by atoms with Gasteiger partial charge in [0.05, 0.1) is 17.8 Å². The predicted octanol–water partition coefficient (Wildman–Crippen LogP) is 1.83. The molecule has 1 aromatic carbocycles. The zero-order valence-corrected chi connectivity index (χ0v) is 21.2. The molecule has 3 heterocycles. The second kappa shape index (κ2) is 11.0. The highest BCUT2D eigenvalue weighted by molar-refractivity contribution is 6.31. The summed E-state index contributed by atoms with van der Waals surface area (Å²) in [5.74, 6) is 0.0566. The molecule has 1 spiro atoms. The van der Waals surface area contributed by atoms with Crippen molar-refractivity contribution in [1.29, 1.82) is 0 Å². The van der Waals surface area contributed by atoms with Crippen molar-refractivity contribution in [3.05, 3.63) is 52.8 Å². The van der Waals surface area contributed by atoms with Crippen LogP contribution in [0.4, 0.5) is 11.6 Å². The summed E-state index contributed by atoms with van der Waals surface area (Å²) in [5, 5.41) is 15.4. The summed E-state index contributed by atoms with van der Waals surface area (Å²) in [6.45, 7) is 5.85. The molecule has 12 heteroatoms. The van der Waals surface area contributed by atoms with E-state index in [4.69, 9.17) is 28.2 Å². The Labute approximate surface area is 220 Å². The number of hydrogen-bond acceptors (Lipinski definition) is 9. The SMILES string of the molecule is C=C(NC1=NCC2(CCN(C(=O)CCc3ccc(CCC(=O)O)cc3)CC2)N1)c1nc(Cl)c(N)nc1N. The smallest absolute Gasteiger partial charge is 0.303 e. The van der Waals surface area contributed by atoms with Crippen LogP contribution in [0.15, 0.2) is 35.8 Å². The van der Waals surface area contributed by atoms with Gasteiger partial charge in [0.25, 0.3) is 0 Å². The van der Waals surface area contributed by atoms with E-state index in [1.54, 1.807) is 0 Å². The number of aryl methyl sites for hydroxylation is 2. The number of anilines is 2. The van der Waals surface area contributed by atoms with Crippen molar-refractivity contribution < 1.29 is 14.7 Å². The Balaban J connectivity index is 1.22. The lowest BCUT2D eigenvalue weighted by Gasteiger charge is -2.39. The summed E-state index contributed by atoms with van der Waals surface area (Å²) < 4.78 is 0. The number of aromatic nitrogens is 2. The van der Waals surface area contributed by atoms with E-state index in [1.807, 2.05) is 29.2 Å². The quantitative estimate of drug-likeness (QED) is 0.344. The van der Waals surface area contributed by atoms with E-state index in [1.165, 1.54) is 0 Å². The molecule has 1 amide bonds. The molecule has 1 aromatic heterocycles. The maximum absolute atomic E-state index is 12.8. The lowest BCUT2D eigenvalue weighted by Crippen LogP contribution is -2.56. The highest BCUT2D eigenvalue weighted by Crippen LogP contribution is 2.27. The number of nitrogen functional groups attached to an aromatic ring is 2. The fraction of sp³-hybridized carbons (Fsp3) is 0.400. The highest BCUT2D eigenvalue weighted by Gasteiger charge is 2.39. The molecular weight excluding hydrogens is 496 g/mol. The number of guanidine groups is 1. The van der Waals surface area contributed by atoms with Crippen LogP contribution in [0.25, 0.3) is 5.70 Å². The van der Waals surface area contributed by atoms with Crippen molar-refractivity contribution in [2.24, 2.45) is 4.99 Å². The number of carboxylic acid groups (broad SMARTS) is 1. The van der Waals surface area contributed by atoms with Crippen LogP contribution in [0, 0.1) is 0 Å². The summed E-state index contributed by atoms with van der Waals surface area (Å²) in [4.78, 5) is 38.1. The predicted molar refractivity (Wildman–Crippen MR) is 143 cm³/mol. The number of likely N-dealkylation sites (tertiary alicyclic amines) is 1. The Morgan fingerprint density at radius 1 is 1.08 bits per heavy atom. The molecule has 2 aliphatic heterocycles. The van der Waals surface area contributed by atoms with Crippen LogP contribution in [-0.2, 0) is 22.4 Å². The minimum Gasteiger partial charge on any atom is -0.481 e. The average Bonchev–Trinajstić information content (AvgIpc) is 3.25. The number of halogens is 1. The standard InChI is InChI=1S/C25H31ClN8O3/c1-15(20-22(27)32-23(28)21(26)31-20)30-24-29-14-25(33-24)10-12-34(13-11-25)18(35)8-6-16-2-4-17(5-3-16)7-9-19(36)37/h2-5H,1,6-14H2,(H,36,37)(H4,27,28,32)(H2,29,30,33). The number of aliphatic carboxylic acids is 1. The fourth-order valence-corrected chi connectivity index (χ4v) is 4.62. The number of benzene rings is 1. The Bertz CT molecular complexity index is 1220. The number of nitrogens with two attached hydrogens (primary N) is 2. The van der Waals surface area contributed by atoms with E-state index < -0.39 is 5.97 Å². The monoisotopic (exact) mass is 526 g/mol. The van der Waals surface area contributed by atoms with E-state index >= 15 is 0 Å². The first-order chi connectivity index (χ1) is 17.6. The minimum atomic E-state index is -0.807. The van der Waals surface area contributed by atoms with Crippen LogP contribution in [0.3, 0.4) is 0 Å². The van der Waals surface area contributed by atoms with Crippen molar-refractivity contribution in [2.45, 2.75) is 44.1 Å². The number of piperidine rings is 1. The Morgan fingerprint density at radius 3 is 2.32 bits per heavy atom. The third-order valence-electron chi connectivity index (χ3n) is 6.73. The van der Waals surface area contributed by atoms with Gasteiger partial charge in [-0.25, -0.2) is 9.97 Å². The fourth-order valence-electron chi connectivity index (χ4n) is 4.50. The lowest BCUT2D eigenvalue weighted by molar-refractivity contribution is -0.137. The van der Waals surface area contributed by atoms with Gasteiger partial charge >= 0.3 is 5.97 Å². The van der Waals surface area contributed by atoms with E-state index in [2.05, 4.69) is 32.2 Å². The summed E-state index contributed by atoms with van der Waals surface area (Å²) in [5.41, 5.74) is 14.1. The number of nitrogens with one attached hydrogen (secondary N) is 2. The zero-order chi connectivity index (χ0) is 26.6. The molecule has 7 N–H and O–H groups in total. The van der Waals surface area contributed by atoms with Gasteiger partial charge in [0.15, 0.2) is 22.7 Å². The highest BCUT2D eigenvalue weighted by atomic mass is 35.5. The first-order valence-electron chi connectivity index (χ1n) is 12.1. The van der Waals surface area contributed by atoms with Gasteiger partial charge in [-0.3, -0.25) is 14.6 Å². The molecule has 196 valence electrons. The summed E-state index contributed by atoms with van der Waals surface area (Å²) in [6, 6.07) is 7.80. The van der Waals surface area contributed by atoms with E-state index in [-0.39, 0.29) is 34.7 Å². The van der Waals surface area contributed by atoms with Crippen LogP contribution >= 0.6 is 11.6 Å². The van der Waals surface area contributed by atoms with Gasteiger partial charge in [-0.2, -0.15) is 0 Å². The number of hydrogen-bond donors (Lipinski definition) is 5. The Hall–Kier alpha value is -3.86.